The van der Waals surface area contributed by atoms with Crippen molar-refractivity contribution in [1.82, 2.24) is 0 Å². The van der Waals surface area contributed by atoms with Gasteiger partial charge in [-0.25, -0.2) is 4.79 Å². The van der Waals surface area contributed by atoms with E-state index in [0.717, 1.165) is 10.9 Å². The first-order valence-corrected chi connectivity index (χ1v) is 9.45. The summed E-state index contributed by atoms with van der Waals surface area (Å²) in [5.41, 5.74) is 1.86. The van der Waals surface area contributed by atoms with Crippen LogP contribution in [-0.4, -0.2) is 17.0 Å². The van der Waals surface area contributed by atoms with Gasteiger partial charge in [-0.15, -0.1) is 12.6 Å². The van der Waals surface area contributed by atoms with Gasteiger partial charge < -0.3 is 10.4 Å². The number of anilines is 1. The summed E-state index contributed by atoms with van der Waals surface area (Å²) in [5.74, 6) is -1.64. The highest BCUT2D eigenvalue weighted by Crippen LogP contribution is 2.34. The summed E-state index contributed by atoms with van der Waals surface area (Å²) in [6.45, 7) is 0. The molecule has 0 aliphatic rings. The molecule has 1 amide bonds. The van der Waals surface area contributed by atoms with Gasteiger partial charge in [0.25, 0.3) is 5.91 Å². The van der Waals surface area contributed by atoms with E-state index >= 15 is 0 Å². The maximum absolute atomic E-state index is 13.3. The molecular weight excluding hydrogens is 382 g/mol. The van der Waals surface area contributed by atoms with Crippen molar-refractivity contribution in [2.75, 3.05) is 5.32 Å². The number of para-hydroxylation sites is 1. The summed E-state index contributed by atoms with van der Waals surface area (Å²) in [6.07, 6.45) is 0. The fraction of sp³-hybridized carbons (Fsp3) is 0. The molecule has 0 saturated carbocycles. The van der Waals surface area contributed by atoms with Gasteiger partial charge in [-0.2, -0.15) is 0 Å². The van der Waals surface area contributed by atoms with Crippen LogP contribution in [0, 0.1) is 0 Å². The van der Waals surface area contributed by atoms with E-state index in [2.05, 4.69) is 17.9 Å². The molecule has 0 radical (unpaired) electrons. The maximum Gasteiger partial charge on any atom is 0.337 e. The van der Waals surface area contributed by atoms with Crippen LogP contribution >= 0.6 is 12.6 Å². The molecule has 0 unspecified atom stereocenters. The Kier molecular flexibility index (Phi) is 5.06. The molecule has 0 bridgehead atoms. The van der Waals surface area contributed by atoms with Crippen molar-refractivity contribution < 1.29 is 14.7 Å². The number of aromatic carboxylic acids is 1. The summed E-state index contributed by atoms with van der Waals surface area (Å²) in [7, 11) is 0. The topological polar surface area (TPSA) is 66.4 Å². The molecule has 4 nitrogen and oxygen atoms in total. The predicted octanol–water partition coefficient (Wildman–Crippen LogP) is 5.75. The first-order chi connectivity index (χ1) is 14.1. The molecule has 0 fully saturated rings. The number of hydrogen-bond acceptors (Lipinski definition) is 3. The van der Waals surface area contributed by atoms with E-state index in [1.165, 1.54) is 0 Å². The highest BCUT2D eigenvalue weighted by atomic mass is 32.1. The summed E-state index contributed by atoms with van der Waals surface area (Å²) in [6, 6.07) is 25.4. The molecule has 0 aromatic heterocycles. The number of hydrogen-bond donors (Lipinski definition) is 3. The SMILES string of the molecule is O=C(O)c1c(-c2ccccc2)cc2ccccc2c1C(=O)Nc1ccccc1S. The van der Waals surface area contributed by atoms with Crippen molar-refractivity contribution in [3.05, 3.63) is 96.1 Å². The average Bonchev–Trinajstić information content (AvgIpc) is 2.74. The Morgan fingerprint density at radius 3 is 2.17 bits per heavy atom. The lowest BCUT2D eigenvalue weighted by Gasteiger charge is -2.16. The van der Waals surface area contributed by atoms with Crippen LogP contribution in [0.25, 0.3) is 21.9 Å². The van der Waals surface area contributed by atoms with E-state index in [9.17, 15) is 14.7 Å². The van der Waals surface area contributed by atoms with Crippen molar-refractivity contribution in [2.45, 2.75) is 4.90 Å². The molecule has 5 heteroatoms. The summed E-state index contributed by atoms with van der Waals surface area (Å²) in [4.78, 5) is 26.2. The van der Waals surface area contributed by atoms with Gasteiger partial charge in [-0.3, -0.25) is 4.79 Å². The van der Waals surface area contributed by atoms with Crippen molar-refractivity contribution in [3.63, 3.8) is 0 Å². The molecule has 4 rings (SSSR count). The Labute approximate surface area is 173 Å². The van der Waals surface area contributed by atoms with Gasteiger partial charge >= 0.3 is 5.97 Å². The van der Waals surface area contributed by atoms with Crippen molar-refractivity contribution in [1.29, 1.82) is 0 Å². The Morgan fingerprint density at radius 2 is 1.45 bits per heavy atom. The largest absolute Gasteiger partial charge is 0.478 e. The molecule has 0 saturated heterocycles. The highest BCUT2D eigenvalue weighted by Gasteiger charge is 2.25. The van der Waals surface area contributed by atoms with Crippen LogP contribution in [0.5, 0.6) is 0 Å². The lowest BCUT2D eigenvalue weighted by atomic mass is 9.90. The smallest absolute Gasteiger partial charge is 0.337 e. The third kappa shape index (κ3) is 3.60. The third-order valence-electron chi connectivity index (χ3n) is 4.73. The lowest BCUT2D eigenvalue weighted by molar-refractivity contribution is 0.0693. The third-order valence-corrected chi connectivity index (χ3v) is 5.12. The number of carbonyl (C=O) groups is 2. The normalized spacial score (nSPS) is 10.7. The zero-order valence-corrected chi connectivity index (χ0v) is 16.2. The van der Waals surface area contributed by atoms with E-state index in [1.807, 2.05) is 54.6 Å². The van der Waals surface area contributed by atoms with Crippen LogP contribution < -0.4 is 5.32 Å². The Morgan fingerprint density at radius 1 is 0.793 bits per heavy atom. The number of benzene rings is 4. The van der Waals surface area contributed by atoms with Gasteiger partial charge in [0, 0.05) is 4.90 Å². The second kappa shape index (κ2) is 7.81. The minimum atomic E-state index is -1.15. The molecule has 0 spiro atoms. The van der Waals surface area contributed by atoms with Crippen LogP contribution in [-0.2, 0) is 0 Å². The molecule has 0 aliphatic heterocycles. The van der Waals surface area contributed by atoms with Crippen LogP contribution in [0.1, 0.15) is 20.7 Å². The molecule has 0 atom stereocenters. The highest BCUT2D eigenvalue weighted by molar-refractivity contribution is 7.80. The van der Waals surface area contributed by atoms with Crippen molar-refractivity contribution in [3.8, 4) is 11.1 Å². The fourth-order valence-corrected chi connectivity index (χ4v) is 3.63. The second-order valence-electron chi connectivity index (χ2n) is 6.54. The van der Waals surface area contributed by atoms with Crippen LogP contribution in [0.2, 0.25) is 0 Å². The van der Waals surface area contributed by atoms with E-state index in [0.29, 0.717) is 21.5 Å². The summed E-state index contributed by atoms with van der Waals surface area (Å²) in [5, 5.41) is 14.2. The summed E-state index contributed by atoms with van der Waals surface area (Å²) >= 11 is 4.37. The van der Waals surface area contributed by atoms with E-state index in [1.54, 1.807) is 30.3 Å². The van der Waals surface area contributed by atoms with Gasteiger partial charge in [0.1, 0.15) is 0 Å². The number of rotatable bonds is 4. The molecule has 4 aromatic carbocycles. The van der Waals surface area contributed by atoms with E-state index in [-0.39, 0.29) is 11.1 Å². The Balaban J connectivity index is 1.98. The van der Waals surface area contributed by atoms with Crippen molar-refractivity contribution >= 4 is 41.0 Å². The molecule has 4 aromatic rings. The number of carbonyl (C=O) groups excluding carboxylic acids is 1. The van der Waals surface area contributed by atoms with Gasteiger partial charge in [0.2, 0.25) is 0 Å². The van der Waals surface area contributed by atoms with Crippen LogP contribution in [0.4, 0.5) is 5.69 Å². The molecule has 142 valence electrons. The predicted molar refractivity (Wildman–Crippen MR) is 118 cm³/mol. The molecule has 29 heavy (non-hydrogen) atoms. The molecule has 0 heterocycles. The molecular formula is C24H17NO3S. The lowest BCUT2D eigenvalue weighted by Crippen LogP contribution is -2.18. The summed E-state index contributed by atoms with van der Waals surface area (Å²) < 4.78 is 0. The van der Waals surface area contributed by atoms with Gasteiger partial charge in [-0.1, -0.05) is 66.7 Å². The van der Waals surface area contributed by atoms with Crippen molar-refractivity contribution in [2.24, 2.45) is 0 Å². The Bertz CT molecular complexity index is 1240. The second-order valence-corrected chi connectivity index (χ2v) is 7.02. The Hall–Kier alpha value is -3.57. The van der Waals surface area contributed by atoms with Gasteiger partial charge in [0.15, 0.2) is 0 Å². The number of carboxylic acid groups (broad SMARTS) is 1. The zero-order valence-electron chi connectivity index (χ0n) is 15.3. The van der Waals surface area contributed by atoms with E-state index < -0.39 is 11.9 Å². The first kappa shape index (κ1) is 18.8. The fourth-order valence-electron chi connectivity index (χ4n) is 3.42. The minimum Gasteiger partial charge on any atom is -0.478 e. The van der Waals surface area contributed by atoms with E-state index in [4.69, 9.17) is 0 Å². The standard InChI is InChI=1S/C24H17NO3S/c26-23(25-19-12-6-7-13-20(19)29)21-17-11-5-4-10-16(17)14-18(22(21)24(27)28)15-8-2-1-3-9-15/h1-14,29H,(H,25,26)(H,27,28). The van der Waals surface area contributed by atoms with Gasteiger partial charge in [-0.05, 0) is 40.1 Å². The quantitative estimate of drug-likeness (QED) is 0.383. The van der Waals surface area contributed by atoms with Crippen LogP contribution in [0.3, 0.4) is 0 Å². The number of nitrogens with one attached hydrogen (secondary N) is 1. The maximum atomic E-state index is 13.3. The van der Waals surface area contributed by atoms with Gasteiger partial charge in [0.05, 0.1) is 16.8 Å². The van der Waals surface area contributed by atoms with Crippen LogP contribution in [0.15, 0.2) is 89.8 Å². The zero-order chi connectivity index (χ0) is 20.4. The average molecular weight is 399 g/mol. The number of carboxylic acids is 1. The minimum absolute atomic E-state index is 0.0240. The number of fused-ring (bicyclic) bond motifs is 1. The monoisotopic (exact) mass is 399 g/mol. The molecule has 0 aliphatic carbocycles. The first-order valence-electron chi connectivity index (χ1n) is 9.00. The number of thiol groups is 1. The molecule has 2 N–H and O–H groups in total. The number of amides is 1.